The number of likely N-dealkylation sites (tertiary alicyclic amines) is 1. The fourth-order valence-corrected chi connectivity index (χ4v) is 2.90. The number of epoxide rings is 1. The highest BCUT2D eigenvalue weighted by Crippen LogP contribution is 2.28. The summed E-state index contributed by atoms with van der Waals surface area (Å²) in [6.07, 6.45) is 1.35. The van der Waals surface area contributed by atoms with Crippen LogP contribution in [-0.4, -0.2) is 65.3 Å². The second kappa shape index (κ2) is 6.88. The van der Waals surface area contributed by atoms with Gasteiger partial charge in [-0.15, -0.1) is 0 Å². The largest absolute Gasteiger partial charge is 0.361 e. The van der Waals surface area contributed by atoms with Gasteiger partial charge >= 0.3 is 0 Å². The smallest absolute Gasteiger partial charge is 0.243 e. The molecule has 24 heavy (non-hydrogen) atoms. The number of nitrogens with zero attached hydrogens (tertiary/aromatic N) is 1. The maximum Gasteiger partial charge on any atom is 0.243 e. The monoisotopic (exact) mass is 339 g/mol. The molecule has 2 rings (SSSR count). The van der Waals surface area contributed by atoms with Crippen LogP contribution in [-0.2, 0) is 23.9 Å². The van der Waals surface area contributed by atoms with Crippen LogP contribution in [0.4, 0.5) is 0 Å². The SMILES string of the molecule is CC(=O)N1CCCC1C(=O)NC(C)C(=O)NC(C)C(=O)C1(C)CO1. The summed E-state index contributed by atoms with van der Waals surface area (Å²) in [4.78, 5) is 49.6. The van der Waals surface area contributed by atoms with E-state index in [9.17, 15) is 19.2 Å². The van der Waals surface area contributed by atoms with E-state index in [1.54, 1.807) is 20.8 Å². The van der Waals surface area contributed by atoms with Crippen molar-refractivity contribution in [3.63, 3.8) is 0 Å². The number of carbonyl (C=O) groups is 4. The molecule has 8 heteroatoms. The van der Waals surface area contributed by atoms with Gasteiger partial charge in [0.15, 0.2) is 5.78 Å². The Bertz CT molecular complexity index is 558. The molecule has 2 aliphatic heterocycles. The first-order valence-electron chi connectivity index (χ1n) is 8.22. The fourth-order valence-electron chi connectivity index (χ4n) is 2.90. The first-order chi connectivity index (χ1) is 11.2. The third kappa shape index (κ3) is 3.92. The number of ether oxygens (including phenoxy) is 1. The number of hydrogen-bond acceptors (Lipinski definition) is 5. The van der Waals surface area contributed by atoms with Crippen LogP contribution in [0.1, 0.15) is 40.5 Å². The average molecular weight is 339 g/mol. The molecule has 2 N–H and O–H groups in total. The minimum atomic E-state index is -0.801. The van der Waals surface area contributed by atoms with E-state index < -0.39 is 29.6 Å². The number of nitrogens with one attached hydrogen (secondary N) is 2. The van der Waals surface area contributed by atoms with E-state index >= 15 is 0 Å². The fraction of sp³-hybridized carbons (Fsp3) is 0.750. The molecule has 0 aliphatic carbocycles. The minimum Gasteiger partial charge on any atom is -0.361 e. The Balaban J connectivity index is 1.85. The van der Waals surface area contributed by atoms with Gasteiger partial charge in [0.25, 0.3) is 0 Å². The second-order valence-corrected chi connectivity index (χ2v) is 6.71. The van der Waals surface area contributed by atoms with Crippen molar-refractivity contribution in [1.82, 2.24) is 15.5 Å². The molecule has 0 spiro atoms. The molecule has 4 atom stereocenters. The van der Waals surface area contributed by atoms with Gasteiger partial charge in [0.1, 0.15) is 17.7 Å². The molecule has 2 aliphatic rings. The molecule has 4 unspecified atom stereocenters. The van der Waals surface area contributed by atoms with Crippen molar-refractivity contribution in [3.8, 4) is 0 Å². The molecule has 2 saturated heterocycles. The molecular formula is C16H25N3O5. The standard InChI is InChI=1S/C16H25N3O5/c1-9(13(21)16(4)8-24-16)17-14(22)10(2)18-15(23)12-6-5-7-19(12)11(3)20/h9-10,12H,5-8H2,1-4H3,(H,17,22)(H,18,23). The normalized spacial score (nSPS) is 28.0. The number of Topliss-reactive ketones (excluding diaryl/α,β-unsaturated/α-hetero) is 1. The van der Waals surface area contributed by atoms with E-state index in [0.29, 0.717) is 19.6 Å². The van der Waals surface area contributed by atoms with E-state index in [0.717, 1.165) is 6.42 Å². The Morgan fingerprint density at radius 2 is 1.79 bits per heavy atom. The lowest BCUT2D eigenvalue weighted by Crippen LogP contribution is -2.54. The van der Waals surface area contributed by atoms with Gasteiger partial charge in [0.05, 0.1) is 12.6 Å². The quantitative estimate of drug-likeness (QED) is 0.626. The van der Waals surface area contributed by atoms with Crippen molar-refractivity contribution in [2.75, 3.05) is 13.2 Å². The lowest BCUT2D eigenvalue weighted by molar-refractivity contribution is -0.138. The zero-order valence-electron chi connectivity index (χ0n) is 14.5. The number of ketones is 1. The second-order valence-electron chi connectivity index (χ2n) is 6.71. The summed E-state index contributed by atoms with van der Waals surface area (Å²) in [7, 11) is 0. The van der Waals surface area contributed by atoms with Crippen LogP contribution in [0.25, 0.3) is 0 Å². The number of carbonyl (C=O) groups excluding carboxylic acids is 4. The zero-order valence-corrected chi connectivity index (χ0v) is 14.5. The highest BCUT2D eigenvalue weighted by molar-refractivity contribution is 5.98. The van der Waals surface area contributed by atoms with Crippen molar-refractivity contribution < 1.29 is 23.9 Å². The Kier molecular flexibility index (Phi) is 5.27. The molecule has 0 radical (unpaired) electrons. The molecule has 0 aromatic carbocycles. The summed E-state index contributed by atoms with van der Waals surface area (Å²) in [6, 6.07) is -2.02. The van der Waals surface area contributed by atoms with Gasteiger partial charge < -0.3 is 20.3 Å². The number of hydrogen-bond donors (Lipinski definition) is 2. The Labute approximate surface area is 141 Å². The zero-order chi connectivity index (χ0) is 18.1. The van der Waals surface area contributed by atoms with Gasteiger partial charge in [-0.25, -0.2) is 0 Å². The lowest BCUT2D eigenvalue weighted by Gasteiger charge is -2.24. The van der Waals surface area contributed by atoms with Crippen LogP contribution >= 0.6 is 0 Å². The van der Waals surface area contributed by atoms with Crippen molar-refractivity contribution in [2.24, 2.45) is 0 Å². The summed E-state index contributed by atoms with van der Waals surface area (Å²) in [5, 5.41) is 5.21. The molecular weight excluding hydrogens is 314 g/mol. The maximum absolute atomic E-state index is 12.3. The van der Waals surface area contributed by atoms with Crippen molar-refractivity contribution in [1.29, 1.82) is 0 Å². The molecule has 0 aromatic rings. The molecule has 134 valence electrons. The maximum atomic E-state index is 12.3. The average Bonchev–Trinajstić information content (AvgIpc) is 3.07. The van der Waals surface area contributed by atoms with Gasteiger partial charge in [-0.2, -0.15) is 0 Å². The topological polar surface area (TPSA) is 108 Å². The van der Waals surface area contributed by atoms with E-state index in [1.807, 2.05) is 0 Å². The van der Waals surface area contributed by atoms with Crippen molar-refractivity contribution in [2.45, 2.75) is 64.3 Å². The van der Waals surface area contributed by atoms with Gasteiger partial charge in [0, 0.05) is 13.5 Å². The number of amides is 3. The molecule has 0 aromatic heterocycles. The molecule has 3 amide bonds. The summed E-state index contributed by atoms with van der Waals surface area (Å²) >= 11 is 0. The lowest BCUT2D eigenvalue weighted by atomic mass is 10.0. The van der Waals surface area contributed by atoms with Crippen LogP contribution in [0.5, 0.6) is 0 Å². The molecule has 0 saturated carbocycles. The molecule has 2 heterocycles. The summed E-state index contributed by atoms with van der Waals surface area (Å²) in [5.74, 6) is -1.13. The van der Waals surface area contributed by atoms with Crippen LogP contribution in [0.15, 0.2) is 0 Å². The first kappa shape index (κ1) is 18.4. The van der Waals surface area contributed by atoms with Crippen molar-refractivity contribution in [3.05, 3.63) is 0 Å². The first-order valence-corrected chi connectivity index (χ1v) is 8.22. The van der Waals surface area contributed by atoms with E-state index in [2.05, 4.69) is 10.6 Å². The van der Waals surface area contributed by atoms with Gasteiger partial charge in [-0.3, -0.25) is 19.2 Å². The number of rotatable bonds is 6. The van der Waals surface area contributed by atoms with Gasteiger partial charge in [-0.05, 0) is 33.6 Å². The van der Waals surface area contributed by atoms with E-state index in [4.69, 9.17) is 4.74 Å². The van der Waals surface area contributed by atoms with Crippen LogP contribution in [0.2, 0.25) is 0 Å². The van der Waals surface area contributed by atoms with E-state index in [1.165, 1.54) is 11.8 Å². The third-order valence-corrected chi connectivity index (χ3v) is 4.56. The van der Waals surface area contributed by atoms with Crippen LogP contribution in [0, 0.1) is 0 Å². The van der Waals surface area contributed by atoms with Crippen LogP contribution < -0.4 is 10.6 Å². The summed E-state index contributed by atoms with van der Waals surface area (Å²) in [5.41, 5.74) is -0.801. The molecule has 0 bridgehead atoms. The predicted molar refractivity (Wildman–Crippen MR) is 85.0 cm³/mol. The predicted octanol–water partition coefficient (Wildman–Crippen LogP) is -0.635. The Morgan fingerprint density at radius 1 is 1.17 bits per heavy atom. The Morgan fingerprint density at radius 3 is 2.33 bits per heavy atom. The highest BCUT2D eigenvalue weighted by Gasteiger charge is 2.49. The molecule has 2 fully saturated rings. The molecule has 8 nitrogen and oxygen atoms in total. The van der Waals surface area contributed by atoms with Crippen LogP contribution in [0.3, 0.4) is 0 Å². The highest BCUT2D eigenvalue weighted by atomic mass is 16.6. The minimum absolute atomic E-state index is 0.151. The van der Waals surface area contributed by atoms with E-state index in [-0.39, 0.29) is 17.6 Å². The Hall–Kier alpha value is -1.96. The van der Waals surface area contributed by atoms with Gasteiger partial charge in [0.2, 0.25) is 17.7 Å². The summed E-state index contributed by atoms with van der Waals surface area (Å²) < 4.78 is 5.08. The summed E-state index contributed by atoms with van der Waals surface area (Å²) in [6.45, 7) is 7.16. The van der Waals surface area contributed by atoms with Crippen molar-refractivity contribution >= 4 is 23.5 Å². The third-order valence-electron chi connectivity index (χ3n) is 4.56. The van der Waals surface area contributed by atoms with Gasteiger partial charge in [-0.1, -0.05) is 0 Å².